The van der Waals surface area contributed by atoms with E-state index in [4.69, 9.17) is 4.74 Å². The smallest absolute Gasteiger partial charge is 0.152 e. The zero-order valence-corrected chi connectivity index (χ0v) is 15.6. The zero-order chi connectivity index (χ0) is 19.5. The first-order valence-electron chi connectivity index (χ1n) is 9.32. The van der Waals surface area contributed by atoms with E-state index in [-0.39, 0.29) is 11.7 Å². The Hall–Kier alpha value is -3.21. The molecule has 2 aromatic carbocycles. The number of carbonyl (C=O) groups excluding carboxylic acids is 1. The van der Waals surface area contributed by atoms with Gasteiger partial charge in [-0.2, -0.15) is 0 Å². The fraction of sp³-hybridized carbons (Fsp3) is 0.217. The van der Waals surface area contributed by atoms with Crippen molar-refractivity contribution in [3.63, 3.8) is 0 Å². The van der Waals surface area contributed by atoms with Crippen LogP contribution in [-0.2, 0) is 0 Å². The number of carbonyl (C=O) groups is 1. The molecule has 28 heavy (non-hydrogen) atoms. The summed E-state index contributed by atoms with van der Waals surface area (Å²) < 4.78 is 19.8. The van der Waals surface area contributed by atoms with Gasteiger partial charge in [-0.25, -0.2) is 4.39 Å². The molecule has 0 amide bonds. The number of nitrogens with one attached hydrogen (secondary N) is 1. The SMILES string of the molecule is Cc1c(F)cccc1-c1ccc2c(c1)OCC[C@@H]2CNc1cnccc1C=O. The highest BCUT2D eigenvalue weighted by Crippen LogP contribution is 2.37. The number of benzene rings is 2. The average Bonchev–Trinajstić information content (AvgIpc) is 2.74. The molecule has 1 aromatic heterocycles. The van der Waals surface area contributed by atoms with Crippen molar-refractivity contribution in [3.05, 3.63) is 77.4 Å². The van der Waals surface area contributed by atoms with Crippen LogP contribution >= 0.6 is 0 Å². The number of ether oxygens (including phenoxy) is 1. The fourth-order valence-electron chi connectivity index (χ4n) is 3.65. The second kappa shape index (κ2) is 7.80. The van der Waals surface area contributed by atoms with Gasteiger partial charge in [-0.3, -0.25) is 9.78 Å². The standard InChI is InChI=1S/C23H21FN2O2/c1-15-19(3-2-4-21(15)24)16-5-6-20-17(8-10-28-23(20)11-16)12-26-22-13-25-9-7-18(22)14-27/h2-7,9,11,13-14,17,26H,8,10,12H2,1H3/t17-/m1/s1. The van der Waals surface area contributed by atoms with Crippen molar-refractivity contribution < 1.29 is 13.9 Å². The Morgan fingerprint density at radius 1 is 1.29 bits per heavy atom. The van der Waals surface area contributed by atoms with Gasteiger partial charge in [0.15, 0.2) is 6.29 Å². The van der Waals surface area contributed by atoms with Gasteiger partial charge in [0.25, 0.3) is 0 Å². The topological polar surface area (TPSA) is 51.2 Å². The third-order valence-electron chi connectivity index (χ3n) is 5.28. The lowest BCUT2D eigenvalue weighted by Crippen LogP contribution is -2.21. The number of hydrogen-bond acceptors (Lipinski definition) is 4. The number of aldehydes is 1. The Kier molecular flexibility index (Phi) is 5.06. The lowest BCUT2D eigenvalue weighted by Gasteiger charge is -2.27. The normalized spacial score (nSPS) is 15.4. The minimum atomic E-state index is -0.208. The van der Waals surface area contributed by atoms with Crippen LogP contribution < -0.4 is 10.1 Å². The van der Waals surface area contributed by atoms with Crippen LogP contribution in [0.4, 0.5) is 10.1 Å². The molecule has 2 heterocycles. The Labute approximate surface area is 163 Å². The molecule has 142 valence electrons. The Bertz CT molecular complexity index is 1020. The number of nitrogens with zero attached hydrogens (tertiary/aromatic N) is 1. The van der Waals surface area contributed by atoms with E-state index >= 15 is 0 Å². The van der Waals surface area contributed by atoms with E-state index in [1.54, 1.807) is 31.5 Å². The van der Waals surface area contributed by atoms with Crippen molar-refractivity contribution >= 4 is 12.0 Å². The number of halogens is 1. The molecule has 4 rings (SSSR count). The van der Waals surface area contributed by atoms with Crippen molar-refractivity contribution in [2.45, 2.75) is 19.3 Å². The lowest BCUT2D eigenvalue weighted by atomic mass is 9.90. The predicted octanol–water partition coefficient (Wildman–Crippen LogP) is 4.99. The third kappa shape index (κ3) is 3.48. The Morgan fingerprint density at radius 2 is 2.18 bits per heavy atom. The number of rotatable bonds is 5. The molecule has 1 aliphatic heterocycles. The first kappa shape index (κ1) is 18.2. The lowest BCUT2D eigenvalue weighted by molar-refractivity contribution is 0.112. The Balaban J connectivity index is 1.58. The van der Waals surface area contributed by atoms with Gasteiger partial charge in [0.05, 0.1) is 18.5 Å². The molecule has 0 radical (unpaired) electrons. The van der Waals surface area contributed by atoms with Crippen LogP contribution in [0.15, 0.2) is 54.9 Å². The van der Waals surface area contributed by atoms with E-state index in [0.29, 0.717) is 24.3 Å². The predicted molar refractivity (Wildman–Crippen MR) is 108 cm³/mol. The highest BCUT2D eigenvalue weighted by molar-refractivity contribution is 5.83. The molecule has 3 aromatic rings. The minimum Gasteiger partial charge on any atom is -0.493 e. The van der Waals surface area contributed by atoms with Gasteiger partial charge >= 0.3 is 0 Å². The molecule has 0 unspecified atom stereocenters. The van der Waals surface area contributed by atoms with Crippen LogP contribution in [0.5, 0.6) is 5.75 Å². The summed E-state index contributed by atoms with van der Waals surface area (Å²) in [4.78, 5) is 15.3. The van der Waals surface area contributed by atoms with Crippen LogP contribution in [0.1, 0.15) is 33.8 Å². The number of pyridine rings is 1. The molecule has 4 nitrogen and oxygen atoms in total. The van der Waals surface area contributed by atoms with Crippen molar-refractivity contribution in [2.75, 3.05) is 18.5 Å². The highest BCUT2D eigenvalue weighted by atomic mass is 19.1. The van der Waals surface area contributed by atoms with Crippen molar-refractivity contribution in [3.8, 4) is 16.9 Å². The molecule has 0 bridgehead atoms. The van der Waals surface area contributed by atoms with E-state index < -0.39 is 0 Å². The van der Waals surface area contributed by atoms with Gasteiger partial charge in [0, 0.05) is 24.2 Å². The first-order valence-corrected chi connectivity index (χ1v) is 9.32. The number of anilines is 1. The maximum absolute atomic E-state index is 13.9. The number of aromatic nitrogens is 1. The highest BCUT2D eigenvalue weighted by Gasteiger charge is 2.22. The molecule has 1 aliphatic rings. The summed E-state index contributed by atoms with van der Waals surface area (Å²) in [7, 11) is 0. The molecule has 0 saturated carbocycles. The van der Waals surface area contributed by atoms with E-state index in [9.17, 15) is 9.18 Å². The summed E-state index contributed by atoms with van der Waals surface area (Å²) in [6.45, 7) is 3.09. The van der Waals surface area contributed by atoms with E-state index in [2.05, 4.69) is 16.4 Å². The monoisotopic (exact) mass is 376 g/mol. The first-order chi connectivity index (χ1) is 13.7. The van der Waals surface area contributed by atoms with E-state index in [1.807, 2.05) is 18.2 Å². The summed E-state index contributed by atoms with van der Waals surface area (Å²) in [5, 5.41) is 3.34. The summed E-state index contributed by atoms with van der Waals surface area (Å²) in [6, 6.07) is 12.9. The van der Waals surface area contributed by atoms with Crippen LogP contribution in [0.25, 0.3) is 11.1 Å². The van der Waals surface area contributed by atoms with Crippen LogP contribution in [-0.4, -0.2) is 24.4 Å². The quantitative estimate of drug-likeness (QED) is 0.638. The average molecular weight is 376 g/mol. The maximum atomic E-state index is 13.9. The maximum Gasteiger partial charge on any atom is 0.152 e. The second-order valence-electron chi connectivity index (χ2n) is 6.96. The number of hydrogen-bond donors (Lipinski definition) is 1. The molecule has 0 saturated heterocycles. The van der Waals surface area contributed by atoms with Gasteiger partial charge in [0.2, 0.25) is 0 Å². The third-order valence-corrected chi connectivity index (χ3v) is 5.28. The summed E-state index contributed by atoms with van der Waals surface area (Å²) in [5.74, 6) is 0.882. The molecule has 1 atom stereocenters. The minimum absolute atomic E-state index is 0.208. The van der Waals surface area contributed by atoms with Gasteiger partial charge in [0.1, 0.15) is 11.6 Å². The number of fused-ring (bicyclic) bond motifs is 1. The summed E-state index contributed by atoms with van der Waals surface area (Å²) in [5.41, 5.74) is 4.90. The van der Waals surface area contributed by atoms with Crippen LogP contribution in [0, 0.1) is 12.7 Å². The molecular weight excluding hydrogens is 355 g/mol. The molecule has 0 spiro atoms. The van der Waals surface area contributed by atoms with Crippen molar-refractivity contribution in [1.82, 2.24) is 4.98 Å². The van der Waals surface area contributed by atoms with E-state index in [1.165, 1.54) is 6.07 Å². The van der Waals surface area contributed by atoms with Gasteiger partial charge in [-0.1, -0.05) is 24.3 Å². The molecule has 5 heteroatoms. The van der Waals surface area contributed by atoms with Gasteiger partial charge in [-0.05, 0) is 53.8 Å². The van der Waals surface area contributed by atoms with Gasteiger partial charge in [-0.15, -0.1) is 0 Å². The van der Waals surface area contributed by atoms with Crippen LogP contribution in [0.2, 0.25) is 0 Å². The molecular formula is C23H21FN2O2. The largest absolute Gasteiger partial charge is 0.493 e. The molecule has 0 fully saturated rings. The van der Waals surface area contributed by atoms with Crippen molar-refractivity contribution in [1.29, 1.82) is 0 Å². The fourth-order valence-corrected chi connectivity index (χ4v) is 3.65. The molecule has 0 aliphatic carbocycles. The molecule has 1 N–H and O–H groups in total. The summed E-state index contributed by atoms with van der Waals surface area (Å²) >= 11 is 0. The van der Waals surface area contributed by atoms with E-state index in [0.717, 1.165) is 40.8 Å². The Morgan fingerprint density at radius 3 is 3.04 bits per heavy atom. The van der Waals surface area contributed by atoms with Gasteiger partial charge < -0.3 is 10.1 Å². The summed E-state index contributed by atoms with van der Waals surface area (Å²) in [6.07, 6.45) is 4.99. The van der Waals surface area contributed by atoms with Crippen molar-refractivity contribution in [2.24, 2.45) is 0 Å². The van der Waals surface area contributed by atoms with Crippen LogP contribution in [0.3, 0.4) is 0 Å². The zero-order valence-electron chi connectivity index (χ0n) is 15.6. The second-order valence-corrected chi connectivity index (χ2v) is 6.96.